The average Bonchev–Trinajstić information content (AvgIpc) is 2.93. The molecular weight excluding hydrogens is 298 g/mol. The Balaban J connectivity index is 1.65. The second-order valence-electron chi connectivity index (χ2n) is 5.42. The Labute approximate surface area is 133 Å². The topological polar surface area (TPSA) is 64.1 Å². The molecule has 0 bridgehead atoms. The number of ether oxygens (including phenoxy) is 1. The first-order valence-corrected chi connectivity index (χ1v) is 8.32. The van der Waals surface area contributed by atoms with Crippen molar-refractivity contribution in [2.24, 2.45) is 0 Å². The van der Waals surface area contributed by atoms with Gasteiger partial charge in [-0.05, 0) is 37.5 Å². The first-order chi connectivity index (χ1) is 10.7. The fourth-order valence-electron chi connectivity index (χ4n) is 2.72. The van der Waals surface area contributed by atoms with Gasteiger partial charge in [-0.15, -0.1) is 11.3 Å². The maximum absolute atomic E-state index is 12.3. The van der Waals surface area contributed by atoms with Crippen LogP contribution in [0.1, 0.15) is 35.2 Å². The van der Waals surface area contributed by atoms with Crippen LogP contribution in [0.2, 0.25) is 0 Å². The van der Waals surface area contributed by atoms with Gasteiger partial charge < -0.3 is 10.1 Å². The minimum absolute atomic E-state index is 0.000133. The molecule has 1 amide bonds. The van der Waals surface area contributed by atoms with Crippen molar-refractivity contribution in [2.45, 2.75) is 38.3 Å². The van der Waals surface area contributed by atoms with Crippen molar-refractivity contribution >= 4 is 17.2 Å². The van der Waals surface area contributed by atoms with E-state index in [0.29, 0.717) is 6.42 Å². The van der Waals surface area contributed by atoms with E-state index in [9.17, 15) is 4.79 Å². The highest BCUT2D eigenvalue weighted by atomic mass is 32.1. The molecule has 1 saturated heterocycles. The zero-order valence-electron chi connectivity index (χ0n) is 12.5. The zero-order valence-corrected chi connectivity index (χ0v) is 13.3. The summed E-state index contributed by atoms with van der Waals surface area (Å²) in [7, 11) is 0. The Kier molecular flexibility index (Phi) is 4.80. The molecule has 3 heterocycles. The molecule has 1 N–H and O–H groups in total. The molecule has 1 aliphatic rings. The predicted octanol–water partition coefficient (Wildman–Crippen LogP) is 2.43. The summed E-state index contributed by atoms with van der Waals surface area (Å²) in [4.78, 5) is 20.6. The predicted molar refractivity (Wildman–Crippen MR) is 84.6 cm³/mol. The Bertz CT molecular complexity index is 629. The van der Waals surface area contributed by atoms with Crippen LogP contribution in [0.25, 0.3) is 0 Å². The van der Waals surface area contributed by atoms with E-state index >= 15 is 0 Å². The van der Waals surface area contributed by atoms with Crippen LogP contribution >= 0.6 is 11.3 Å². The lowest BCUT2D eigenvalue weighted by molar-refractivity contribution is -0.123. The number of aryl methyl sites for hydroxylation is 1. The number of amides is 1. The number of thiazole rings is 1. The Morgan fingerprint density at radius 3 is 3.00 bits per heavy atom. The van der Waals surface area contributed by atoms with Crippen molar-refractivity contribution in [3.63, 3.8) is 0 Å². The van der Waals surface area contributed by atoms with Crippen molar-refractivity contribution in [1.29, 1.82) is 0 Å². The Morgan fingerprint density at radius 2 is 2.27 bits per heavy atom. The monoisotopic (exact) mass is 317 g/mol. The molecule has 6 heteroatoms. The van der Waals surface area contributed by atoms with Crippen LogP contribution in [-0.4, -0.2) is 28.5 Å². The minimum atomic E-state index is -0.0992. The summed E-state index contributed by atoms with van der Waals surface area (Å²) in [5.41, 5.74) is 1.89. The Hall–Kier alpha value is -1.79. The van der Waals surface area contributed by atoms with Crippen LogP contribution in [0.15, 0.2) is 29.9 Å². The van der Waals surface area contributed by atoms with Crippen LogP contribution in [0.3, 0.4) is 0 Å². The molecule has 0 spiro atoms. The maximum Gasteiger partial charge on any atom is 0.226 e. The van der Waals surface area contributed by atoms with E-state index in [-0.39, 0.29) is 18.1 Å². The first kappa shape index (κ1) is 15.1. The average molecular weight is 317 g/mol. The van der Waals surface area contributed by atoms with E-state index in [1.807, 2.05) is 24.4 Å². The Morgan fingerprint density at radius 1 is 1.45 bits per heavy atom. The number of nitrogens with zero attached hydrogens (tertiary/aromatic N) is 2. The summed E-state index contributed by atoms with van der Waals surface area (Å²) < 4.78 is 5.88. The number of carbonyl (C=O) groups is 1. The van der Waals surface area contributed by atoms with Crippen LogP contribution in [-0.2, 0) is 16.0 Å². The van der Waals surface area contributed by atoms with Gasteiger partial charge in [-0.3, -0.25) is 9.78 Å². The number of carbonyl (C=O) groups excluding carboxylic acids is 1. The van der Waals surface area contributed by atoms with Gasteiger partial charge in [0, 0.05) is 24.4 Å². The van der Waals surface area contributed by atoms with Gasteiger partial charge in [0.1, 0.15) is 6.10 Å². The van der Waals surface area contributed by atoms with E-state index in [1.165, 1.54) is 0 Å². The van der Waals surface area contributed by atoms with Crippen molar-refractivity contribution in [2.75, 3.05) is 6.61 Å². The quantitative estimate of drug-likeness (QED) is 0.940. The minimum Gasteiger partial charge on any atom is -0.371 e. The summed E-state index contributed by atoms with van der Waals surface area (Å²) in [6, 6.07) is 3.89. The number of aromatic nitrogens is 2. The van der Waals surface area contributed by atoms with Gasteiger partial charge in [0.2, 0.25) is 5.91 Å². The van der Waals surface area contributed by atoms with Gasteiger partial charge in [-0.2, -0.15) is 0 Å². The first-order valence-electron chi connectivity index (χ1n) is 7.44. The van der Waals surface area contributed by atoms with Gasteiger partial charge in [-0.1, -0.05) is 0 Å². The van der Waals surface area contributed by atoms with Crippen molar-refractivity contribution in [1.82, 2.24) is 15.3 Å². The largest absolute Gasteiger partial charge is 0.371 e. The SMILES string of the molecule is Cc1nc(CC(=O)N[C@H]2CCCO[C@@H]2c2ccncc2)cs1. The molecule has 1 fully saturated rings. The standard InChI is InChI=1S/C16H19N3O2S/c1-11-18-13(10-22-11)9-15(20)19-14-3-2-8-21-16(14)12-4-6-17-7-5-12/h4-7,10,14,16H,2-3,8-9H2,1H3,(H,19,20)/t14-,16+/m0/s1. The molecule has 5 nitrogen and oxygen atoms in total. The van der Waals surface area contributed by atoms with E-state index in [0.717, 1.165) is 35.7 Å². The molecule has 0 aromatic carbocycles. The number of rotatable bonds is 4. The highest BCUT2D eigenvalue weighted by molar-refractivity contribution is 7.09. The molecule has 0 radical (unpaired) electrons. The fraction of sp³-hybridized carbons (Fsp3) is 0.438. The molecule has 116 valence electrons. The summed E-state index contributed by atoms with van der Waals surface area (Å²) >= 11 is 1.57. The number of hydrogen-bond acceptors (Lipinski definition) is 5. The van der Waals surface area contributed by atoms with Gasteiger partial charge in [0.05, 0.1) is 23.2 Å². The third kappa shape index (κ3) is 3.69. The summed E-state index contributed by atoms with van der Waals surface area (Å²) in [6.07, 6.45) is 5.62. The lowest BCUT2D eigenvalue weighted by Crippen LogP contribution is -2.43. The molecule has 0 unspecified atom stereocenters. The molecule has 2 aromatic rings. The fourth-order valence-corrected chi connectivity index (χ4v) is 3.33. The summed E-state index contributed by atoms with van der Waals surface area (Å²) in [5.74, 6) is -0.000133. The van der Waals surface area contributed by atoms with Crippen molar-refractivity contribution in [3.8, 4) is 0 Å². The summed E-state index contributed by atoms with van der Waals surface area (Å²) in [6.45, 7) is 2.67. The highest BCUT2D eigenvalue weighted by Crippen LogP contribution is 2.28. The lowest BCUT2D eigenvalue weighted by atomic mass is 9.96. The van der Waals surface area contributed by atoms with Crippen LogP contribution in [0.5, 0.6) is 0 Å². The lowest BCUT2D eigenvalue weighted by Gasteiger charge is -2.32. The molecule has 0 aliphatic carbocycles. The van der Waals surface area contributed by atoms with Crippen LogP contribution < -0.4 is 5.32 Å². The molecule has 3 rings (SSSR count). The van der Waals surface area contributed by atoms with Gasteiger partial charge >= 0.3 is 0 Å². The van der Waals surface area contributed by atoms with Gasteiger partial charge in [0.15, 0.2) is 0 Å². The van der Waals surface area contributed by atoms with E-state index in [1.54, 1.807) is 23.7 Å². The molecule has 1 aliphatic heterocycles. The number of hydrogen-bond donors (Lipinski definition) is 1. The van der Waals surface area contributed by atoms with Crippen molar-refractivity contribution in [3.05, 3.63) is 46.2 Å². The second-order valence-corrected chi connectivity index (χ2v) is 6.49. The molecule has 22 heavy (non-hydrogen) atoms. The third-order valence-electron chi connectivity index (χ3n) is 3.71. The van der Waals surface area contributed by atoms with E-state index in [2.05, 4.69) is 15.3 Å². The number of pyridine rings is 1. The normalized spacial score (nSPS) is 21.5. The molecular formula is C16H19N3O2S. The van der Waals surface area contributed by atoms with Crippen molar-refractivity contribution < 1.29 is 9.53 Å². The number of nitrogens with one attached hydrogen (secondary N) is 1. The second kappa shape index (κ2) is 6.98. The van der Waals surface area contributed by atoms with Gasteiger partial charge in [-0.25, -0.2) is 4.98 Å². The summed E-state index contributed by atoms with van der Waals surface area (Å²) in [5, 5.41) is 6.03. The maximum atomic E-state index is 12.3. The third-order valence-corrected chi connectivity index (χ3v) is 4.53. The van der Waals surface area contributed by atoms with E-state index < -0.39 is 0 Å². The molecule has 2 aromatic heterocycles. The zero-order chi connectivity index (χ0) is 15.4. The molecule has 0 saturated carbocycles. The highest BCUT2D eigenvalue weighted by Gasteiger charge is 2.28. The van der Waals surface area contributed by atoms with Crippen LogP contribution in [0, 0.1) is 6.92 Å². The van der Waals surface area contributed by atoms with Crippen LogP contribution in [0.4, 0.5) is 0 Å². The van der Waals surface area contributed by atoms with E-state index in [4.69, 9.17) is 4.74 Å². The smallest absolute Gasteiger partial charge is 0.226 e. The molecule has 2 atom stereocenters. The van der Waals surface area contributed by atoms with Gasteiger partial charge in [0.25, 0.3) is 0 Å².